The molecule has 2 nitrogen and oxygen atoms in total. The fraction of sp³-hybridized carbons (Fsp3) is 0.417. The molecule has 0 saturated heterocycles. The molecule has 0 saturated carbocycles. The molecule has 0 aliphatic carbocycles. The normalized spacial score (nSPS) is 11.9. The number of hydrogen-bond donors (Lipinski definition) is 1. The molecule has 0 aliphatic rings. The number of aliphatic imine (C=N–C) groups is 1. The van der Waals surface area contributed by atoms with E-state index in [-0.39, 0.29) is 0 Å². The lowest BCUT2D eigenvalue weighted by Crippen LogP contribution is -2.05. The SMILES string of the molecule is CC(N)=NCSc1c(C)cc(C)cc1C. The Bertz CT molecular complexity index is 356. The van der Waals surface area contributed by atoms with Gasteiger partial charge in [0.1, 0.15) is 0 Å². The monoisotopic (exact) mass is 222 g/mol. The minimum atomic E-state index is 0.643. The lowest BCUT2D eigenvalue weighted by atomic mass is 10.1. The van der Waals surface area contributed by atoms with E-state index >= 15 is 0 Å². The maximum Gasteiger partial charge on any atom is 0.0916 e. The Labute approximate surface area is 96.0 Å². The van der Waals surface area contributed by atoms with Crippen LogP contribution >= 0.6 is 11.8 Å². The molecule has 0 aliphatic heterocycles. The van der Waals surface area contributed by atoms with Gasteiger partial charge in [0.2, 0.25) is 0 Å². The summed E-state index contributed by atoms with van der Waals surface area (Å²) in [5, 5.41) is 0. The van der Waals surface area contributed by atoms with Crippen LogP contribution in [0.3, 0.4) is 0 Å². The molecule has 1 aromatic carbocycles. The summed E-state index contributed by atoms with van der Waals surface area (Å²) in [6.45, 7) is 8.22. The number of rotatable bonds is 3. The van der Waals surface area contributed by atoms with Gasteiger partial charge in [-0.2, -0.15) is 0 Å². The lowest BCUT2D eigenvalue weighted by molar-refractivity contribution is 1.18. The van der Waals surface area contributed by atoms with Crippen molar-refractivity contribution in [1.82, 2.24) is 0 Å². The number of nitrogens with two attached hydrogens (primary N) is 1. The Kier molecular flexibility index (Phi) is 4.21. The van der Waals surface area contributed by atoms with E-state index in [0.29, 0.717) is 11.7 Å². The van der Waals surface area contributed by atoms with Gasteiger partial charge < -0.3 is 5.73 Å². The summed E-state index contributed by atoms with van der Waals surface area (Å²) in [4.78, 5) is 5.51. The van der Waals surface area contributed by atoms with Crippen molar-refractivity contribution in [2.24, 2.45) is 10.7 Å². The van der Waals surface area contributed by atoms with Crippen molar-refractivity contribution >= 4 is 17.6 Å². The summed E-state index contributed by atoms with van der Waals surface area (Å²) in [7, 11) is 0. The van der Waals surface area contributed by atoms with Gasteiger partial charge in [0.15, 0.2) is 0 Å². The van der Waals surface area contributed by atoms with Crippen molar-refractivity contribution in [3.63, 3.8) is 0 Å². The molecule has 0 radical (unpaired) electrons. The molecule has 0 bridgehead atoms. The second-order valence-electron chi connectivity index (χ2n) is 3.80. The smallest absolute Gasteiger partial charge is 0.0916 e. The quantitative estimate of drug-likeness (QED) is 0.485. The first-order valence-electron chi connectivity index (χ1n) is 4.98. The summed E-state index contributed by atoms with van der Waals surface area (Å²) in [5.41, 5.74) is 9.45. The Morgan fingerprint density at radius 1 is 1.27 bits per heavy atom. The minimum absolute atomic E-state index is 0.643. The molecule has 0 spiro atoms. The molecule has 3 heteroatoms. The number of amidine groups is 1. The predicted octanol–water partition coefficient (Wildman–Crippen LogP) is 3.04. The van der Waals surface area contributed by atoms with Gasteiger partial charge in [0.25, 0.3) is 0 Å². The van der Waals surface area contributed by atoms with Gasteiger partial charge >= 0.3 is 0 Å². The minimum Gasteiger partial charge on any atom is -0.388 e. The average molecular weight is 222 g/mol. The van der Waals surface area contributed by atoms with E-state index in [1.165, 1.54) is 21.6 Å². The first-order chi connectivity index (χ1) is 7.00. The van der Waals surface area contributed by atoms with E-state index in [4.69, 9.17) is 5.73 Å². The van der Waals surface area contributed by atoms with Crippen LogP contribution in [0.1, 0.15) is 23.6 Å². The number of thioether (sulfide) groups is 1. The van der Waals surface area contributed by atoms with E-state index in [9.17, 15) is 0 Å². The lowest BCUT2D eigenvalue weighted by Gasteiger charge is -2.09. The molecule has 0 fully saturated rings. The molecular weight excluding hydrogens is 204 g/mol. The summed E-state index contributed by atoms with van der Waals surface area (Å²) >= 11 is 1.74. The van der Waals surface area contributed by atoms with Gasteiger partial charge in [0.05, 0.1) is 11.7 Å². The second kappa shape index (κ2) is 5.21. The fourth-order valence-corrected chi connectivity index (χ4v) is 2.56. The molecule has 2 N–H and O–H groups in total. The first kappa shape index (κ1) is 12.1. The average Bonchev–Trinajstić information content (AvgIpc) is 2.08. The van der Waals surface area contributed by atoms with E-state index in [1.807, 2.05) is 6.92 Å². The second-order valence-corrected chi connectivity index (χ2v) is 4.76. The maximum atomic E-state index is 5.49. The molecule has 0 heterocycles. The largest absolute Gasteiger partial charge is 0.388 e. The van der Waals surface area contributed by atoms with E-state index in [0.717, 1.165) is 0 Å². The summed E-state index contributed by atoms with van der Waals surface area (Å²) in [5.74, 6) is 1.34. The van der Waals surface area contributed by atoms with E-state index in [1.54, 1.807) is 11.8 Å². The van der Waals surface area contributed by atoms with Crippen LogP contribution < -0.4 is 5.73 Å². The molecule has 15 heavy (non-hydrogen) atoms. The van der Waals surface area contributed by atoms with Crippen molar-refractivity contribution in [1.29, 1.82) is 0 Å². The highest BCUT2D eigenvalue weighted by atomic mass is 32.2. The van der Waals surface area contributed by atoms with E-state index in [2.05, 4.69) is 37.9 Å². The van der Waals surface area contributed by atoms with Crippen LogP contribution in [0.4, 0.5) is 0 Å². The third kappa shape index (κ3) is 3.59. The molecule has 0 aromatic heterocycles. The van der Waals surface area contributed by atoms with Crippen LogP contribution in [0.2, 0.25) is 0 Å². The van der Waals surface area contributed by atoms with E-state index < -0.39 is 0 Å². The first-order valence-corrected chi connectivity index (χ1v) is 5.96. The number of nitrogens with zero attached hydrogens (tertiary/aromatic N) is 1. The molecule has 0 atom stereocenters. The summed E-state index contributed by atoms with van der Waals surface area (Å²) < 4.78 is 0. The highest BCUT2D eigenvalue weighted by molar-refractivity contribution is 7.99. The van der Waals surface area contributed by atoms with Crippen molar-refractivity contribution in [3.05, 3.63) is 28.8 Å². The van der Waals surface area contributed by atoms with Crippen LogP contribution in [0.25, 0.3) is 0 Å². The van der Waals surface area contributed by atoms with Gasteiger partial charge in [0, 0.05) is 4.90 Å². The van der Waals surface area contributed by atoms with Gasteiger partial charge in [-0.15, -0.1) is 11.8 Å². The van der Waals surface area contributed by atoms with Crippen LogP contribution in [0, 0.1) is 20.8 Å². The van der Waals surface area contributed by atoms with Crippen LogP contribution in [0.15, 0.2) is 22.0 Å². The van der Waals surface area contributed by atoms with Gasteiger partial charge in [-0.25, -0.2) is 0 Å². The number of hydrogen-bond acceptors (Lipinski definition) is 2. The standard InChI is InChI=1S/C12H18N2S/c1-8-5-9(2)12(10(3)6-8)15-7-14-11(4)13/h5-6H,7H2,1-4H3,(H2,13,14). The van der Waals surface area contributed by atoms with Crippen LogP contribution in [0.5, 0.6) is 0 Å². The number of aryl methyl sites for hydroxylation is 3. The van der Waals surface area contributed by atoms with Gasteiger partial charge in [-0.05, 0) is 38.8 Å². The third-order valence-electron chi connectivity index (χ3n) is 2.13. The zero-order valence-corrected chi connectivity index (χ0v) is 10.6. The Morgan fingerprint density at radius 2 is 1.80 bits per heavy atom. The molecule has 0 unspecified atom stereocenters. The third-order valence-corrected chi connectivity index (χ3v) is 3.32. The van der Waals surface area contributed by atoms with Crippen molar-refractivity contribution in [2.45, 2.75) is 32.6 Å². The van der Waals surface area contributed by atoms with Crippen LogP contribution in [-0.2, 0) is 0 Å². The fourth-order valence-electron chi connectivity index (χ4n) is 1.59. The van der Waals surface area contributed by atoms with Crippen molar-refractivity contribution < 1.29 is 0 Å². The summed E-state index contributed by atoms with van der Waals surface area (Å²) in [6.07, 6.45) is 0. The molecule has 1 rings (SSSR count). The highest BCUT2D eigenvalue weighted by Gasteiger charge is 2.03. The Morgan fingerprint density at radius 3 is 2.27 bits per heavy atom. The Hall–Kier alpha value is -0.960. The molecule has 82 valence electrons. The molecule has 0 amide bonds. The predicted molar refractivity (Wildman–Crippen MR) is 68.7 cm³/mol. The van der Waals surface area contributed by atoms with Crippen molar-refractivity contribution in [2.75, 3.05) is 5.88 Å². The van der Waals surface area contributed by atoms with Gasteiger partial charge in [-0.1, -0.05) is 17.7 Å². The van der Waals surface area contributed by atoms with Crippen molar-refractivity contribution in [3.8, 4) is 0 Å². The van der Waals surface area contributed by atoms with Crippen LogP contribution in [-0.4, -0.2) is 11.7 Å². The number of benzene rings is 1. The zero-order chi connectivity index (χ0) is 11.4. The highest BCUT2D eigenvalue weighted by Crippen LogP contribution is 2.27. The molecule has 1 aromatic rings. The summed E-state index contributed by atoms with van der Waals surface area (Å²) in [6, 6.07) is 4.41. The molecular formula is C12H18N2S. The topological polar surface area (TPSA) is 38.4 Å². The maximum absolute atomic E-state index is 5.49. The van der Waals surface area contributed by atoms with Gasteiger partial charge in [-0.3, -0.25) is 4.99 Å². The zero-order valence-electron chi connectivity index (χ0n) is 9.79. The Balaban J connectivity index is 2.81.